The summed E-state index contributed by atoms with van der Waals surface area (Å²) in [6, 6.07) is 7.34. The Morgan fingerprint density at radius 3 is 2.50 bits per heavy atom. The predicted octanol–water partition coefficient (Wildman–Crippen LogP) is 2.61. The standard InChI is InChI=1S/C11H14N2O/c1-9(2)7-14-11-5-3-10(4-6-11)13-8-12/h3-6,9,13H,7H2,1-2H3. The SMILES string of the molecule is CC(C)COc1ccc(NC#N)cc1. The summed E-state index contributed by atoms with van der Waals surface area (Å²) in [6.07, 6.45) is 1.86. The fourth-order valence-corrected chi connectivity index (χ4v) is 0.962. The van der Waals surface area contributed by atoms with E-state index in [2.05, 4.69) is 19.2 Å². The number of nitriles is 1. The second-order valence-corrected chi connectivity index (χ2v) is 3.47. The highest BCUT2D eigenvalue weighted by Crippen LogP contribution is 2.15. The van der Waals surface area contributed by atoms with Crippen molar-refractivity contribution in [2.45, 2.75) is 13.8 Å². The van der Waals surface area contributed by atoms with Crippen molar-refractivity contribution < 1.29 is 4.74 Å². The molecule has 1 aromatic carbocycles. The number of benzene rings is 1. The van der Waals surface area contributed by atoms with Gasteiger partial charge >= 0.3 is 0 Å². The molecule has 0 spiro atoms. The number of nitrogens with one attached hydrogen (secondary N) is 1. The monoisotopic (exact) mass is 190 g/mol. The second kappa shape index (κ2) is 5.13. The first kappa shape index (κ1) is 10.4. The Balaban J connectivity index is 2.52. The van der Waals surface area contributed by atoms with E-state index in [-0.39, 0.29) is 0 Å². The van der Waals surface area contributed by atoms with Crippen molar-refractivity contribution in [3.05, 3.63) is 24.3 Å². The lowest BCUT2D eigenvalue weighted by atomic mass is 10.2. The van der Waals surface area contributed by atoms with E-state index in [4.69, 9.17) is 10.00 Å². The topological polar surface area (TPSA) is 45.0 Å². The Kier molecular flexibility index (Phi) is 3.81. The Morgan fingerprint density at radius 1 is 1.36 bits per heavy atom. The van der Waals surface area contributed by atoms with Crippen LogP contribution in [0.15, 0.2) is 24.3 Å². The Morgan fingerprint density at radius 2 is 2.00 bits per heavy atom. The van der Waals surface area contributed by atoms with Crippen LogP contribution in [0.4, 0.5) is 5.69 Å². The van der Waals surface area contributed by atoms with Crippen LogP contribution in [0.5, 0.6) is 5.75 Å². The number of hydrogen-bond acceptors (Lipinski definition) is 3. The quantitative estimate of drug-likeness (QED) is 0.586. The van der Waals surface area contributed by atoms with Crippen LogP contribution in [0.25, 0.3) is 0 Å². The van der Waals surface area contributed by atoms with Gasteiger partial charge in [0.1, 0.15) is 5.75 Å². The molecule has 3 heteroatoms. The number of hydrogen-bond donors (Lipinski definition) is 1. The maximum Gasteiger partial charge on any atom is 0.181 e. The van der Waals surface area contributed by atoms with Gasteiger partial charge in [-0.15, -0.1) is 0 Å². The zero-order valence-electron chi connectivity index (χ0n) is 8.45. The van der Waals surface area contributed by atoms with E-state index < -0.39 is 0 Å². The number of ether oxygens (including phenoxy) is 1. The summed E-state index contributed by atoms with van der Waals surface area (Å²) in [5.41, 5.74) is 0.782. The van der Waals surface area contributed by atoms with Crippen molar-refractivity contribution in [1.29, 1.82) is 5.26 Å². The van der Waals surface area contributed by atoms with Gasteiger partial charge in [-0.1, -0.05) is 13.8 Å². The van der Waals surface area contributed by atoms with E-state index in [9.17, 15) is 0 Å². The molecule has 0 unspecified atom stereocenters. The third-order valence-corrected chi connectivity index (χ3v) is 1.64. The van der Waals surface area contributed by atoms with Gasteiger partial charge in [0.25, 0.3) is 0 Å². The van der Waals surface area contributed by atoms with Crippen LogP contribution in [0.1, 0.15) is 13.8 Å². The van der Waals surface area contributed by atoms with E-state index in [1.165, 1.54) is 0 Å². The van der Waals surface area contributed by atoms with Crippen molar-refractivity contribution in [3.8, 4) is 11.9 Å². The van der Waals surface area contributed by atoms with Crippen LogP contribution >= 0.6 is 0 Å². The normalized spacial score (nSPS) is 9.57. The maximum atomic E-state index is 8.37. The van der Waals surface area contributed by atoms with E-state index in [0.717, 1.165) is 11.4 Å². The lowest BCUT2D eigenvalue weighted by molar-refractivity contribution is 0.271. The fourth-order valence-electron chi connectivity index (χ4n) is 0.962. The molecule has 1 aromatic rings. The summed E-state index contributed by atoms with van der Waals surface area (Å²) >= 11 is 0. The summed E-state index contributed by atoms with van der Waals surface area (Å²) in [4.78, 5) is 0. The van der Waals surface area contributed by atoms with E-state index in [1.54, 1.807) is 0 Å². The summed E-state index contributed by atoms with van der Waals surface area (Å²) in [7, 11) is 0. The molecule has 0 aliphatic rings. The highest BCUT2D eigenvalue weighted by Gasteiger charge is 1.96. The highest BCUT2D eigenvalue weighted by molar-refractivity contribution is 5.48. The van der Waals surface area contributed by atoms with Gasteiger partial charge in [-0.25, -0.2) is 0 Å². The third kappa shape index (κ3) is 3.36. The smallest absolute Gasteiger partial charge is 0.181 e. The first-order valence-electron chi connectivity index (χ1n) is 4.60. The lowest BCUT2D eigenvalue weighted by Gasteiger charge is -2.08. The van der Waals surface area contributed by atoms with Gasteiger partial charge in [0.15, 0.2) is 6.19 Å². The largest absolute Gasteiger partial charge is 0.493 e. The summed E-state index contributed by atoms with van der Waals surface area (Å²) < 4.78 is 5.49. The molecule has 0 fully saturated rings. The van der Waals surface area contributed by atoms with Crippen molar-refractivity contribution in [3.63, 3.8) is 0 Å². The Bertz CT molecular complexity index is 311. The molecule has 0 aliphatic heterocycles. The van der Waals surface area contributed by atoms with Crippen molar-refractivity contribution in [2.75, 3.05) is 11.9 Å². The molecule has 1 rings (SSSR count). The average molecular weight is 190 g/mol. The molecule has 3 nitrogen and oxygen atoms in total. The van der Waals surface area contributed by atoms with Crippen LogP contribution < -0.4 is 10.1 Å². The molecule has 74 valence electrons. The summed E-state index contributed by atoms with van der Waals surface area (Å²) in [6.45, 7) is 4.92. The zero-order chi connectivity index (χ0) is 10.4. The van der Waals surface area contributed by atoms with Gasteiger partial charge in [0.2, 0.25) is 0 Å². The van der Waals surface area contributed by atoms with Gasteiger partial charge in [0.05, 0.1) is 6.61 Å². The molecule has 0 heterocycles. The number of nitrogens with zero attached hydrogens (tertiary/aromatic N) is 1. The minimum atomic E-state index is 0.520. The lowest BCUT2D eigenvalue weighted by Crippen LogP contribution is -2.04. The summed E-state index contributed by atoms with van der Waals surface area (Å²) in [5.74, 6) is 1.36. The maximum absolute atomic E-state index is 8.37. The van der Waals surface area contributed by atoms with E-state index in [1.807, 2.05) is 30.5 Å². The van der Waals surface area contributed by atoms with Crippen LogP contribution in [0.2, 0.25) is 0 Å². The predicted molar refractivity (Wildman–Crippen MR) is 56.0 cm³/mol. The second-order valence-electron chi connectivity index (χ2n) is 3.47. The van der Waals surface area contributed by atoms with Gasteiger partial charge in [-0.2, -0.15) is 5.26 Å². The number of rotatable bonds is 4. The molecule has 0 bridgehead atoms. The molecular weight excluding hydrogens is 176 g/mol. The molecule has 0 amide bonds. The van der Waals surface area contributed by atoms with Gasteiger partial charge in [-0.3, -0.25) is 5.32 Å². The molecule has 0 radical (unpaired) electrons. The average Bonchev–Trinajstić information content (AvgIpc) is 2.17. The van der Waals surface area contributed by atoms with E-state index in [0.29, 0.717) is 12.5 Å². The molecular formula is C11H14N2O. The molecule has 1 N–H and O–H groups in total. The van der Waals surface area contributed by atoms with Crippen molar-refractivity contribution in [1.82, 2.24) is 0 Å². The zero-order valence-corrected chi connectivity index (χ0v) is 8.45. The Labute approximate surface area is 84.3 Å². The van der Waals surface area contributed by atoms with Gasteiger partial charge in [0, 0.05) is 5.69 Å². The molecule has 0 saturated carbocycles. The van der Waals surface area contributed by atoms with Crippen LogP contribution in [0, 0.1) is 17.4 Å². The molecule has 14 heavy (non-hydrogen) atoms. The van der Waals surface area contributed by atoms with E-state index >= 15 is 0 Å². The van der Waals surface area contributed by atoms with Crippen LogP contribution in [-0.4, -0.2) is 6.61 Å². The first-order valence-corrected chi connectivity index (χ1v) is 4.60. The van der Waals surface area contributed by atoms with Gasteiger partial charge in [-0.05, 0) is 30.2 Å². The molecule has 0 saturated heterocycles. The molecule has 0 atom stereocenters. The van der Waals surface area contributed by atoms with Crippen molar-refractivity contribution in [2.24, 2.45) is 5.92 Å². The minimum Gasteiger partial charge on any atom is -0.493 e. The van der Waals surface area contributed by atoms with Crippen molar-refractivity contribution >= 4 is 5.69 Å². The summed E-state index contributed by atoms with van der Waals surface area (Å²) in [5, 5.41) is 10.9. The Hall–Kier alpha value is -1.69. The van der Waals surface area contributed by atoms with Crippen LogP contribution in [0.3, 0.4) is 0 Å². The minimum absolute atomic E-state index is 0.520. The highest BCUT2D eigenvalue weighted by atomic mass is 16.5. The van der Waals surface area contributed by atoms with Crippen LogP contribution in [-0.2, 0) is 0 Å². The van der Waals surface area contributed by atoms with Gasteiger partial charge < -0.3 is 4.74 Å². The first-order chi connectivity index (χ1) is 6.72. The molecule has 0 aliphatic carbocycles. The third-order valence-electron chi connectivity index (χ3n) is 1.64. The molecule has 0 aromatic heterocycles. The number of anilines is 1. The fraction of sp³-hybridized carbons (Fsp3) is 0.364.